The molecule has 2 atom stereocenters. The summed E-state index contributed by atoms with van der Waals surface area (Å²) < 4.78 is 94.4. The number of allylic oxidation sites excluding steroid dienone is 1. The van der Waals surface area contributed by atoms with E-state index >= 15 is 0 Å². The summed E-state index contributed by atoms with van der Waals surface area (Å²) in [6, 6.07) is 9.61. The minimum atomic E-state index is -2.20. The standard InChI is InChI=1S/C51H71ClF3N8O9P/c1-39(72-48-46(54)34-42(53)35-47(48)55)12-7-5-3-4-6-9-23-67-27-30-70-26-22-62-38-43(60-61-62)14-8-10-24-68-28-31-71-32-29-69-25-11-13-40-15-17-41(18-16-40)36-56-49-45-37-57-63(50(45)59-51(52)58-49)21-19-44(66-2)20-33-73(64)65/h15-18,34-35,37-38,44H,1,3-14,19-33,36H2,2H3,(H-,56,58,59,64,65)/p+1. The van der Waals surface area contributed by atoms with Gasteiger partial charge < -0.3 is 38.5 Å². The Morgan fingerprint density at radius 2 is 1.38 bits per heavy atom. The van der Waals surface area contributed by atoms with Gasteiger partial charge in [0.25, 0.3) is 0 Å². The molecule has 17 nitrogen and oxygen atoms in total. The molecule has 0 aliphatic carbocycles. The second kappa shape index (κ2) is 34.8. The Balaban J connectivity index is 0.766. The number of hydrogen-bond donors (Lipinski definition) is 2. The van der Waals surface area contributed by atoms with Gasteiger partial charge in [0.1, 0.15) is 11.6 Å². The summed E-state index contributed by atoms with van der Waals surface area (Å²) in [6.07, 6.45) is 15.6. The van der Waals surface area contributed by atoms with Crippen molar-refractivity contribution in [1.82, 2.24) is 34.7 Å². The molecule has 0 radical (unpaired) electrons. The first kappa shape index (κ1) is 59.2. The molecule has 3 heterocycles. The number of aromatic nitrogens is 7. The van der Waals surface area contributed by atoms with Gasteiger partial charge in [-0.15, -0.1) is 5.10 Å². The highest BCUT2D eigenvalue weighted by molar-refractivity contribution is 7.37. The lowest BCUT2D eigenvalue weighted by molar-refractivity contribution is 0.0136. The van der Waals surface area contributed by atoms with E-state index in [1.54, 1.807) is 22.7 Å². The van der Waals surface area contributed by atoms with Crippen molar-refractivity contribution in [3.05, 3.63) is 101 Å². The maximum absolute atomic E-state index is 13.7. The Morgan fingerprint density at radius 3 is 2.07 bits per heavy atom. The number of hydrogen-bond acceptors (Lipinski definition) is 14. The molecule has 402 valence electrons. The fourth-order valence-corrected chi connectivity index (χ4v) is 8.34. The zero-order valence-corrected chi connectivity index (χ0v) is 43.7. The van der Waals surface area contributed by atoms with Crippen LogP contribution in [0.5, 0.6) is 5.75 Å². The van der Waals surface area contributed by atoms with Gasteiger partial charge in [-0.25, -0.2) is 22.5 Å². The zero-order chi connectivity index (χ0) is 51.9. The number of nitrogens with zero attached hydrogens (tertiary/aromatic N) is 7. The first-order valence-corrected chi connectivity index (χ1v) is 27.0. The van der Waals surface area contributed by atoms with E-state index in [9.17, 15) is 17.7 Å². The highest BCUT2D eigenvalue weighted by Gasteiger charge is 2.19. The second-order valence-corrected chi connectivity index (χ2v) is 18.9. The SMILES string of the molecule is C=C(CCCCCCCCOCCOCCn1cc(CCCCOCCOCCOCCCc2ccc(CNc3nc(Cl)nc4c3cnn4CCC(CC[P+](=O)O)OC)cc2)nn1)Oc1c(F)cc(F)cc1F. The van der Waals surface area contributed by atoms with Crippen molar-refractivity contribution in [1.29, 1.82) is 0 Å². The Bertz CT molecular complexity index is 2340. The van der Waals surface area contributed by atoms with Crippen LogP contribution in [0.25, 0.3) is 11.0 Å². The van der Waals surface area contributed by atoms with E-state index in [1.807, 2.05) is 6.20 Å². The van der Waals surface area contributed by atoms with Crippen molar-refractivity contribution in [3.8, 4) is 5.75 Å². The van der Waals surface area contributed by atoms with Gasteiger partial charge in [0.05, 0.1) is 81.9 Å². The number of ether oxygens (including phenoxy) is 7. The van der Waals surface area contributed by atoms with Gasteiger partial charge in [-0.05, 0) is 78.7 Å². The van der Waals surface area contributed by atoms with E-state index in [2.05, 4.69) is 61.5 Å². The maximum atomic E-state index is 13.7. The molecule has 0 aliphatic heterocycles. The normalized spacial score (nSPS) is 12.2. The first-order valence-electron chi connectivity index (χ1n) is 25.2. The summed E-state index contributed by atoms with van der Waals surface area (Å²) in [6.45, 7) is 11.1. The van der Waals surface area contributed by atoms with Crippen molar-refractivity contribution in [2.75, 3.05) is 84.7 Å². The van der Waals surface area contributed by atoms with E-state index in [-0.39, 0.29) is 23.3 Å². The van der Waals surface area contributed by atoms with E-state index in [0.717, 1.165) is 87.3 Å². The third-order valence-electron chi connectivity index (χ3n) is 11.7. The number of aryl methyl sites for hydroxylation is 3. The summed E-state index contributed by atoms with van der Waals surface area (Å²) >= 11 is 6.29. The van der Waals surface area contributed by atoms with Gasteiger partial charge in [0, 0.05) is 71.2 Å². The van der Waals surface area contributed by atoms with Crippen LogP contribution in [0.15, 0.2) is 61.1 Å². The number of halogens is 4. The maximum Gasteiger partial charge on any atom is 0.505 e. The Labute approximate surface area is 432 Å². The summed E-state index contributed by atoms with van der Waals surface area (Å²) in [7, 11) is -0.605. The average Bonchev–Trinajstić information content (AvgIpc) is 4.01. The number of rotatable bonds is 42. The molecule has 2 aromatic carbocycles. The molecule has 73 heavy (non-hydrogen) atoms. The summed E-state index contributed by atoms with van der Waals surface area (Å²) in [4.78, 5) is 17.9. The van der Waals surface area contributed by atoms with E-state index < -0.39 is 31.2 Å². The number of methoxy groups -OCH3 is 1. The quantitative estimate of drug-likeness (QED) is 0.0163. The van der Waals surface area contributed by atoms with Crippen LogP contribution in [0.2, 0.25) is 5.28 Å². The van der Waals surface area contributed by atoms with Crippen LogP contribution in [-0.4, -0.2) is 125 Å². The Hall–Kier alpha value is -4.63. The molecule has 0 saturated carbocycles. The lowest BCUT2D eigenvalue weighted by Gasteiger charge is -2.13. The minimum Gasteiger partial charge on any atom is -0.456 e. The number of benzene rings is 2. The monoisotopic (exact) mass is 1060 g/mol. The van der Waals surface area contributed by atoms with E-state index in [0.29, 0.717) is 129 Å². The van der Waals surface area contributed by atoms with Crippen LogP contribution in [0.4, 0.5) is 19.0 Å². The van der Waals surface area contributed by atoms with Crippen LogP contribution >= 0.6 is 19.6 Å². The van der Waals surface area contributed by atoms with Crippen LogP contribution in [0, 0.1) is 17.5 Å². The number of fused-ring (bicyclic) bond motifs is 1. The van der Waals surface area contributed by atoms with Crippen LogP contribution < -0.4 is 10.1 Å². The van der Waals surface area contributed by atoms with Gasteiger partial charge in [0.15, 0.2) is 29.2 Å². The van der Waals surface area contributed by atoms with Crippen molar-refractivity contribution < 1.29 is 55.8 Å². The minimum absolute atomic E-state index is 0.115. The first-order chi connectivity index (χ1) is 35.6. The average molecular weight is 1060 g/mol. The topological polar surface area (TPSA) is 188 Å². The molecule has 3 aromatic heterocycles. The molecule has 0 fully saturated rings. The van der Waals surface area contributed by atoms with Crippen molar-refractivity contribution in [2.24, 2.45) is 0 Å². The molecule has 0 bridgehead atoms. The van der Waals surface area contributed by atoms with Crippen LogP contribution in [0.1, 0.15) is 93.9 Å². The predicted molar refractivity (Wildman–Crippen MR) is 273 cm³/mol. The highest BCUT2D eigenvalue weighted by Crippen LogP contribution is 2.27. The van der Waals surface area contributed by atoms with Gasteiger partial charge in [0.2, 0.25) is 5.28 Å². The molecular formula is C51H72ClF3N8O9P+. The number of anilines is 1. The van der Waals surface area contributed by atoms with E-state index in [4.69, 9.17) is 49.7 Å². The van der Waals surface area contributed by atoms with Gasteiger partial charge in [-0.1, -0.05) is 61.7 Å². The second-order valence-electron chi connectivity index (χ2n) is 17.4. The summed E-state index contributed by atoms with van der Waals surface area (Å²) in [5, 5.41) is 17.2. The third kappa shape index (κ3) is 23.6. The predicted octanol–water partition coefficient (Wildman–Crippen LogP) is 9.99. The lowest BCUT2D eigenvalue weighted by Crippen LogP contribution is -2.16. The highest BCUT2D eigenvalue weighted by atomic mass is 35.5. The number of nitrogens with one attached hydrogen (secondary N) is 1. The Kier molecular flexibility index (Phi) is 28.2. The lowest BCUT2D eigenvalue weighted by atomic mass is 10.1. The van der Waals surface area contributed by atoms with Crippen molar-refractivity contribution in [3.63, 3.8) is 0 Å². The molecule has 0 saturated heterocycles. The number of unbranched alkanes of at least 4 members (excludes halogenated alkanes) is 6. The van der Waals surface area contributed by atoms with Crippen LogP contribution in [0.3, 0.4) is 0 Å². The fourth-order valence-electron chi connectivity index (χ4n) is 7.67. The molecule has 0 amide bonds. The van der Waals surface area contributed by atoms with Crippen molar-refractivity contribution >= 4 is 36.5 Å². The van der Waals surface area contributed by atoms with Crippen LogP contribution in [-0.2, 0) is 65.5 Å². The molecule has 5 aromatic rings. The van der Waals surface area contributed by atoms with Gasteiger partial charge in [-0.3, -0.25) is 0 Å². The molecule has 5 rings (SSSR count). The molecule has 22 heteroatoms. The molecular weight excluding hydrogens is 992 g/mol. The van der Waals surface area contributed by atoms with Gasteiger partial charge in [-0.2, -0.15) is 20.0 Å². The fraction of sp³-hybridized carbons (Fsp3) is 0.588. The smallest absolute Gasteiger partial charge is 0.456 e. The third-order valence-corrected chi connectivity index (χ3v) is 12.5. The van der Waals surface area contributed by atoms with Crippen molar-refractivity contribution in [2.45, 2.75) is 116 Å². The molecule has 0 spiro atoms. The molecule has 2 N–H and O–H groups in total. The molecule has 2 unspecified atom stereocenters. The largest absolute Gasteiger partial charge is 0.505 e. The molecule has 0 aliphatic rings. The summed E-state index contributed by atoms with van der Waals surface area (Å²) in [5.74, 6) is -2.93. The zero-order valence-electron chi connectivity index (χ0n) is 42.0. The van der Waals surface area contributed by atoms with E-state index in [1.165, 1.54) is 5.56 Å². The summed E-state index contributed by atoms with van der Waals surface area (Å²) in [5.41, 5.74) is 3.88. The van der Waals surface area contributed by atoms with Gasteiger partial charge >= 0.3 is 8.03 Å². The Morgan fingerprint density at radius 1 is 0.767 bits per heavy atom.